The monoisotopic (exact) mass is 540 g/mol. The number of fused-ring (bicyclic) bond motifs is 2. The van der Waals surface area contributed by atoms with Crippen LogP contribution in [0.4, 0.5) is 0 Å². The van der Waals surface area contributed by atoms with Crippen LogP contribution >= 0.6 is 0 Å². The van der Waals surface area contributed by atoms with Crippen molar-refractivity contribution in [3.63, 3.8) is 0 Å². The van der Waals surface area contributed by atoms with Gasteiger partial charge in [-0.05, 0) is 73.3 Å². The highest BCUT2D eigenvalue weighted by Gasteiger charge is 2.41. The largest absolute Gasteiger partial charge is 0.507 e. The van der Waals surface area contributed by atoms with Crippen molar-refractivity contribution in [1.29, 1.82) is 0 Å². The smallest absolute Gasteiger partial charge is 0.201 e. The van der Waals surface area contributed by atoms with E-state index in [-0.39, 0.29) is 22.9 Å². The van der Waals surface area contributed by atoms with E-state index in [0.717, 1.165) is 29.5 Å². The van der Waals surface area contributed by atoms with Crippen molar-refractivity contribution in [2.24, 2.45) is 11.3 Å². The quantitative estimate of drug-likeness (QED) is 0.292. The molecule has 2 aliphatic rings. The first kappa shape index (κ1) is 27.8. The van der Waals surface area contributed by atoms with Crippen LogP contribution in [0.1, 0.15) is 91.9 Å². The standard InChI is InChI=1S/C35H40O5/c1-7-23-15-16-35(3,4)27(21(23)2)19-26-25-17-24(38-5)18-30(40-20-22-11-9-8-10-12-22)32(25)34(37)33-28(36)13-14-29(39-6)31(26)33/h8-14,17-18,23,26,36H,7,15-16,19-20H2,1-6H3/t23-,26+/m1/s1. The van der Waals surface area contributed by atoms with Crippen molar-refractivity contribution in [2.75, 3.05) is 14.2 Å². The van der Waals surface area contributed by atoms with E-state index in [1.54, 1.807) is 32.4 Å². The number of carbonyl (C=O) groups is 1. The zero-order valence-electron chi connectivity index (χ0n) is 24.5. The molecule has 0 fully saturated rings. The highest BCUT2D eigenvalue weighted by atomic mass is 16.5. The molecule has 5 rings (SSSR count). The summed E-state index contributed by atoms with van der Waals surface area (Å²) in [4.78, 5) is 14.2. The van der Waals surface area contributed by atoms with Crippen molar-refractivity contribution in [1.82, 2.24) is 0 Å². The third kappa shape index (κ3) is 4.87. The lowest BCUT2D eigenvalue weighted by Crippen LogP contribution is -2.28. The molecule has 2 aliphatic carbocycles. The summed E-state index contributed by atoms with van der Waals surface area (Å²) < 4.78 is 17.9. The van der Waals surface area contributed by atoms with E-state index in [2.05, 4.69) is 27.7 Å². The van der Waals surface area contributed by atoms with Gasteiger partial charge in [-0.15, -0.1) is 0 Å². The number of hydrogen-bond acceptors (Lipinski definition) is 5. The van der Waals surface area contributed by atoms with Gasteiger partial charge in [0.25, 0.3) is 0 Å². The van der Waals surface area contributed by atoms with Gasteiger partial charge in [-0.3, -0.25) is 4.79 Å². The molecule has 0 unspecified atom stereocenters. The Labute approximate surface area is 237 Å². The molecule has 0 saturated heterocycles. The number of ether oxygens (including phenoxy) is 3. The maximum Gasteiger partial charge on any atom is 0.201 e. The van der Waals surface area contributed by atoms with E-state index in [9.17, 15) is 9.90 Å². The predicted octanol–water partition coefficient (Wildman–Crippen LogP) is 8.22. The minimum Gasteiger partial charge on any atom is -0.507 e. The molecule has 2 atom stereocenters. The topological polar surface area (TPSA) is 65.0 Å². The SMILES string of the molecule is CC[C@@H]1CCC(C)(C)C(C[C@H]2c3cc(OC)cc(OCc4ccccc4)c3C(=O)c3c(O)ccc(OC)c32)=C1C. The Morgan fingerprint density at radius 1 is 0.975 bits per heavy atom. The molecule has 3 aromatic rings. The number of phenols is 1. The lowest BCUT2D eigenvalue weighted by molar-refractivity contribution is 0.102. The van der Waals surface area contributed by atoms with Gasteiger partial charge in [0, 0.05) is 17.5 Å². The summed E-state index contributed by atoms with van der Waals surface area (Å²) in [5.74, 6) is 1.71. The molecule has 210 valence electrons. The van der Waals surface area contributed by atoms with Gasteiger partial charge in [0.1, 0.15) is 29.6 Å². The highest BCUT2D eigenvalue weighted by molar-refractivity contribution is 6.16. The van der Waals surface area contributed by atoms with Gasteiger partial charge < -0.3 is 19.3 Å². The van der Waals surface area contributed by atoms with Crippen LogP contribution in [0.2, 0.25) is 0 Å². The molecule has 3 aromatic carbocycles. The van der Waals surface area contributed by atoms with Crippen molar-refractivity contribution < 1.29 is 24.1 Å². The summed E-state index contributed by atoms with van der Waals surface area (Å²) >= 11 is 0. The van der Waals surface area contributed by atoms with E-state index >= 15 is 0 Å². The van der Waals surface area contributed by atoms with Gasteiger partial charge in [-0.2, -0.15) is 0 Å². The fourth-order valence-electron chi connectivity index (χ4n) is 6.77. The summed E-state index contributed by atoms with van der Waals surface area (Å²) in [6.45, 7) is 9.50. The number of rotatable bonds is 8. The van der Waals surface area contributed by atoms with Crippen LogP contribution in [0.5, 0.6) is 23.0 Å². The molecule has 40 heavy (non-hydrogen) atoms. The Morgan fingerprint density at radius 3 is 2.40 bits per heavy atom. The van der Waals surface area contributed by atoms with Crippen LogP contribution in [0.25, 0.3) is 0 Å². The third-order valence-corrected chi connectivity index (χ3v) is 9.08. The molecule has 0 radical (unpaired) electrons. The van der Waals surface area contributed by atoms with Crippen LogP contribution in [-0.2, 0) is 6.61 Å². The van der Waals surface area contributed by atoms with Gasteiger partial charge in [-0.1, -0.05) is 62.2 Å². The van der Waals surface area contributed by atoms with E-state index < -0.39 is 0 Å². The van der Waals surface area contributed by atoms with Gasteiger partial charge >= 0.3 is 0 Å². The zero-order chi connectivity index (χ0) is 28.6. The second-order valence-corrected chi connectivity index (χ2v) is 11.7. The van der Waals surface area contributed by atoms with Gasteiger partial charge in [0.2, 0.25) is 5.78 Å². The van der Waals surface area contributed by atoms with E-state index in [1.807, 2.05) is 36.4 Å². The molecule has 0 saturated carbocycles. The van der Waals surface area contributed by atoms with Crippen LogP contribution in [0.15, 0.2) is 65.7 Å². The molecule has 0 aromatic heterocycles. The molecule has 0 amide bonds. The van der Waals surface area contributed by atoms with Crippen molar-refractivity contribution in [3.8, 4) is 23.0 Å². The number of aromatic hydroxyl groups is 1. The summed E-state index contributed by atoms with van der Waals surface area (Å²) in [5.41, 5.74) is 6.24. The summed E-state index contributed by atoms with van der Waals surface area (Å²) in [6, 6.07) is 16.9. The molecule has 0 heterocycles. The number of benzene rings is 3. The van der Waals surface area contributed by atoms with Gasteiger partial charge in [0.05, 0.1) is 25.3 Å². The number of methoxy groups -OCH3 is 2. The molecule has 1 N–H and O–H groups in total. The lowest BCUT2D eigenvalue weighted by Gasteiger charge is -2.41. The first-order valence-corrected chi connectivity index (χ1v) is 14.2. The number of carbonyl (C=O) groups excluding carboxylic acids is 1. The molecule has 0 bridgehead atoms. The van der Waals surface area contributed by atoms with Gasteiger partial charge in [-0.25, -0.2) is 0 Å². The Kier molecular flexibility index (Phi) is 7.67. The third-order valence-electron chi connectivity index (χ3n) is 9.08. The predicted molar refractivity (Wildman–Crippen MR) is 158 cm³/mol. The average Bonchev–Trinajstić information content (AvgIpc) is 2.95. The van der Waals surface area contributed by atoms with E-state index in [4.69, 9.17) is 14.2 Å². The minimum absolute atomic E-state index is 0.0209. The maximum absolute atomic E-state index is 14.2. The highest BCUT2D eigenvalue weighted by Crippen LogP contribution is 2.54. The van der Waals surface area contributed by atoms with Crippen LogP contribution in [0.3, 0.4) is 0 Å². The minimum atomic E-state index is -0.261. The summed E-state index contributed by atoms with van der Waals surface area (Å²) in [5, 5.41) is 11.1. The van der Waals surface area contributed by atoms with Crippen molar-refractivity contribution >= 4 is 5.78 Å². The number of allylic oxidation sites excluding steroid dienone is 2. The zero-order valence-corrected chi connectivity index (χ0v) is 24.5. The van der Waals surface area contributed by atoms with Crippen LogP contribution in [0, 0.1) is 11.3 Å². The maximum atomic E-state index is 14.2. The molecular formula is C35H40O5. The summed E-state index contributed by atoms with van der Waals surface area (Å²) in [7, 11) is 3.25. The second kappa shape index (κ2) is 11.0. The molecule has 5 nitrogen and oxygen atoms in total. The Bertz CT molecular complexity index is 1450. The van der Waals surface area contributed by atoms with Crippen molar-refractivity contribution in [3.05, 3.63) is 93.6 Å². The van der Waals surface area contributed by atoms with Crippen molar-refractivity contribution in [2.45, 2.75) is 65.9 Å². The van der Waals surface area contributed by atoms with Crippen LogP contribution in [-0.4, -0.2) is 25.1 Å². The molecule has 0 spiro atoms. The molecule has 0 aliphatic heterocycles. The first-order valence-electron chi connectivity index (χ1n) is 14.2. The average molecular weight is 541 g/mol. The lowest BCUT2D eigenvalue weighted by atomic mass is 9.64. The van der Waals surface area contributed by atoms with E-state index in [1.165, 1.54) is 17.6 Å². The van der Waals surface area contributed by atoms with Crippen LogP contribution < -0.4 is 14.2 Å². The van der Waals surface area contributed by atoms with Gasteiger partial charge in [0.15, 0.2) is 0 Å². The fourth-order valence-corrected chi connectivity index (χ4v) is 6.77. The summed E-state index contributed by atoms with van der Waals surface area (Å²) in [6.07, 6.45) is 4.12. The van der Waals surface area contributed by atoms with E-state index in [0.29, 0.717) is 47.3 Å². The number of ketones is 1. The Morgan fingerprint density at radius 2 is 1.73 bits per heavy atom. The molecular weight excluding hydrogens is 500 g/mol. The fraction of sp³-hybridized carbons (Fsp3) is 0.400. The number of hydrogen-bond donors (Lipinski definition) is 1. The molecule has 5 heteroatoms. The normalized spacial score (nSPS) is 19.6. The Hall–Kier alpha value is -3.73. The first-order chi connectivity index (χ1) is 19.2. The number of phenolic OH excluding ortho intramolecular Hbond substituents is 1. The second-order valence-electron chi connectivity index (χ2n) is 11.7. The Balaban J connectivity index is 1.72.